The molecule has 9 aromatic carbocycles. The third-order valence-corrected chi connectivity index (χ3v) is 14.9. The van der Waals surface area contributed by atoms with Crippen molar-refractivity contribution in [1.82, 2.24) is 4.57 Å². The molecule has 3 aliphatic rings. The standard InChI is InChI=1S/C60H45N/c1-59(2)48-25-13-9-23-45(48)56-50(59)34-33-44-47(35-51-57(58(44)56)46-24-10-14-26-49(46)60(51,3)4)55-42-21-7-5-19-40(42)54(41-20-6-8-22-43(41)55)36-29-31-37(32-30-36)61-52-27-15-11-17-38(52)39-18-12-16-28-53(39)61/h5-15,17-27,29-35H,16,28H2,1-4H3. The number of fused-ring (bicyclic) bond motifs is 14. The van der Waals surface area contributed by atoms with Crippen LogP contribution < -0.4 is 0 Å². The van der Waals surface area contributed by atoms with Crippen LogP contribution in [0.25, 0.3) is 99.5 Å². The highest BCUT2D eigenvalue weighted by Crippen LogP contribution is 2.60. The van der Waals surface area contributed by atoms with Gasteiger partial charge in [0.25, 0.3) is 0 Å². The summed E-state index contributed by atoms with van der Waals surface area (Å²) >= 11 is 0. The highest BCUT2D eigenvalue weighted by molar-refractivity contribution is 6.26. The topological polar surface area (TPSA) is 4.93 Å². The van der Waals surface area contributed by atoms with Gasteiger partial charge in [0.15, 0.2) is 0 Å². The zero-order valence-electron chi connectivity index (χ0n) is 35.1. The zero-order chi connectivity index (χ0) is 40.8. The molecular formula is C60H45N. The maximum Gasteiger partial charge on any atom is 0.0537 e. The number of para-hydroxylation sites is 1. The molecular weight excluding hydrogens is 735 g/mol. The van der Waals surface area contributed by atoms with Gasteiger partial charge in [-0.15, -0.1) is 0 Å². The molecule has 1 aromatic heterocycles. The minimum absolute atomic E-state index is 0.0991. The number of aromatic nitrogens is 1. The lowest BCUT2D eigenvalue weighted by Crippen LogP contribution is -2.15. The van der Waals surface area contributed by atoms with Crippen LogP contribution in [0.4, 0.5) is 0 Å². The first-order valence-corrected chi connectivity index (χ1v) is 22.0. The summed E-state index contributed by atoms with van der Waals surface area (Å²) in [7, 11) is 0. The Morgan fingerprint density at radius 3 is 1.62 bits per heavy atom. The van der Waals surface area contributed by atoms with Gasteiger partial charge in [-0.05, 0) is 136 Å². The molecule has 0 unspecified atom stereocenters. The second-order valence-electron chi connectivity index (χ2n) is 18.6. The first-order valence-electron chi connectivity index (χ1n) is 22.0. The van der Waals surface area contributed by atoms with E-state index in [1.165, 1.54) is 127 Å². The number of hydrogen-bond acceptors (Lipinski definition) is 0. The van der Waals surface area contributed by atoms with Crippen molar-refractivity contribution in [3.63, 3.8) is 0 Å². The van der Waals surface area contributed by atoms with Gasteiger partial charge in [0.05, 0.1) is 5.52 Å². The minimum Gasteiger partial charge on any atom is -0.313 e. The van der Waals surface area contributed by atoms with E-state index in [-0.39, 0.29) is 10.8 Å². The highest BCUT2D eigenvalue weighted by atomic mass is 15.0. The molecule has 1 nitrogen and oxygen atoms in total. The van der Waals surface area contributed by atoms with Gasteiger partial charge in [-0.2, -0.15) is 0 Å². The van der Waals surface area contributed by atoms with Gasteiger partial charge < -0.3 is 4.57 Å². The lowest BCUT2D eigenvalue weighted by atomic mass is 9.77. The first-order chi connectivity index (χ1) is 29.8. The zero-order valence-corrected chi connectivity index (χ0v) is 35.1. The molecule has 0 radical (unpaired) electrons. The highest BCUT2D eigenvalue weighted by Gasteiger charge is 2.42. The Labute approximate surface area is 357 Å². The number of benzene rings is 9. The third kappa shape index (κ3) is 4.56. The van der Waals surface area contributed by atoms with Crippen molar-refractivity contribution in [3.05, 3.63) is 203 Å². The second kappa shape index (κ2) is 12.3. The van der Waals surface area contributed by atoms with Crippen LogP contribution in [0.15, 0.2) is 170 Å². The van der Waals surface area contributed by atoms with Gasteiger partial charge >= 0.3 is 0 Å². The second-order valence-corrected chi connectivity index (χ2v) is 18.6. The molecule has 61 heavy (non-hydrogen) atoms. The molecule has 0 amide bonds. The smallest absolute Gasteiger partial charge is 0.0537 e. The number of hydrogen-bond donors (Lipinski definition) is 0. The van der Waals surface area contributed by atoms with Crippen molar-refractivity contribution in [1.29, 1.82) is 0 Å². The van der Waals surface area contributed by atoms with E-state index < -0.39 is 0 Å². The maximum absolute atomic E-state index is 2.58. The van der Waals surface area contributed by atoms with Crippen LogP contribution >= 0.6 is 0 Å². The van der Waals surface area contributed by atoms with Gasteiger partial charge in [-0.25, -0.2) is 0 Å². The predicted octanol–water partition coefficient (Wildman–Crippen LogP) is 16.0. The molecule has 1 heteroatoms. The third-order valence-electron chi connectivity index (χ3n) is 14.9. The van der Waals surface area contributed by atoms with Crippen molar-refractivity contribution in [2.24, 2.45) is 0 Å². The van der Waals surface area contributed by atoms with Crippen molar-refractivity contribution >= 4 is 49.3 Å². The first kappa shape index (κ1) is 34.9. The summed E-state index contributed by atoms with van der Waals surface area (Å²) in [6.45, 7) is 9.67. The molecule has 0 aliphatic heterocycles. The van der Waals surface area contributed by atoms with Gasteiger partial charge in [-0.1, -0.05) is 179 Å². The summed E-state index contributed by atoms with van der Waals surface area (Å²) in [5.41, 5.74) is 21.3. The van der Waals surface area contributed by atoms with Gasteiger partial charge in [-0.3, -0.25) is 0 Å². The molecule has 13 rings (SSSR count). The predicted molar refractivity (Wildman–Crippen MR) is 259 cm³/mol. The van der Waals surface area contributed by atoms with E-state index in [1.54, 1.807) is 0 Å². The van der Waals surface area contributed by atoms with Gasteiger partial charge in [0, 0.05) is 33.2 Å². The fourth-order valence-electron chi connectivity index (χ4n) is 12.1. The Balaban J connectivity index is 1.10. The SMILES string of the molecule is CC1(C)c2ccccc2-c2c1ccc1c(-c3c4ccccc4c(-c4ccc(-n5c6c(c7ccccc75)C=CCC6)cc4)c4ccccc34)cc3c(c21)-c1ccccc1C3(C)C. The summed E-state index contributed by atoms with van der Waals surface area (Å²) in [5.74, 6) is 0. The Morgan fingerprint density at radius 2 is 0.967 bits per heavy atom. The Kier molecular flexibility index (Phi) is 7.03. The van der Waals surface area contributed by atoms with Crippen LogP contribution in [-0.4, -0.2) is 4.57 Å². The molecule has 10 aromatic rings. The number of allylic oxidation sites excluding steroid dienone is 1. The largest absolute Gasteiger partial charge is 0.313 e. The number of rotatable bonds is 3. The summed E-state index contributed by atoms with van der Waals surface area (Å²) in [6.07, 6.45) is 6.76. The van der Waals surface area contributed by atoms with Crippen LogP contribution in [0.3, 0.4) is 0 Å². The van der Waals surface area contributed by atoms with E-state index in [4.69, 9.17) is 0 Å². The van der Waals surface area contributed by atoms with Crippen molar-refractivity contribution in [2.75, 3.05) is 0 Å². The van der Waals surface area contributed by atoms with Crippen LogP contribution in [-0.2, 0) is 17.3 Å². The van der Waals surface area contributed by atoms with E-state index in [0.29, 0.717) is 0 Å². The van der Waals surface area contributed by atoms with E-state index in [0.717, 1.165) is 12.8 Å². The van der Waals surface area contributed by atoms with E-state index >= 15 is 0 Å². The molecule has 290 valence electrons. The Morgan fingerprint density at radius 1 is 0.426 bits per heavy atom. The average Bonchev–Trinajstić information content (AvgIpc) is 3.85. The van der Waals surface area contributed by atoms with Crippen LogP contribution in [0.5, 0.6) is 0 Å². The summed E-state index contributed by atoms with van der Waals surface area (Å²) in [6, 6.07) is 62.4. The molecule has 0 fully saturated rings. The maximum atomic E-state index is 2.58. The molecule has 1 heterocycles. The Hall–Kier alpha value is -6.96. The molecule has 0 saturated heterocycles. The fraction of sp³-hybridized carbons (Fsp3) is 0.133. The van der Waals surface area contributed by atoms with Gasteiger partial charge in [0.1, 0.15) is 0 Å². The van der Waals surface area contributed by atoms with Crippen LogP contribution in [0, 0.1) is 0 Å². The normalized spacial score (nSPS) is 15.3. The molecule has 0 N–H and O–H groups in total. The Bertz CT molecular complexity index is 3490. The average molecular weight is 780 g/mol. The summed E-state index contributed by atoms with van der Waals surface area (Å²) in [4.78, 5) is 0. The van der Waals surface area contributed by atoms with Crippen molar-refractivity contribution in [3.8, 4) is 50.2 Å². The molecule has 0 saturated carbocycles. The van der Waals surface area contributed by atoms with E-state index in [9.17, 15) is 0 Å². The van der Waals surface area contributed by atoms with E-state index in [2.05, 4.69) is 208 Å². The summed E-state index contributed by atoms with van der Waals surface area (Å²) in [5, 5.41) is 9.17. The molecule has 0 atom stereocenters. The quantitative estimate of drug-likeness (QED) is 0.157. The molecule has 3 aliphatic carbocycles. The van der Waals surface area contributed by atoms with Crippen molar-refractivity contribution in [2.45, 2.75) is 51.4 Å². The molecule has 0 spiro atoms. The van der Waals surface area contributed by atoms with Crippen molar-refractivity contribution < 1.29 is 0 Å². The lowest BCUT2D eigenvalue weighted by Gasteiger charge is -2.26. The lowest BCUT2D eigenvalue weighted by molar-refractivity contribution is 0.660. The van der Waals surface area contributed by atoms with Gasteiger partial charge in [0.2, 0.25) is 0 Å². The van der Waals surface area contributed by atoms with Crippen LogP contribution in [0.2, 0.25) is 0 Å². The fourth-order valence-corrected chi connectivity index (χ4v) is 12.1. The monoisotopic (exact) mass is 779 g/mol. The molecule has 0 bridgehead atoms. The van der Waals surface area contributed by atoms with Crippen LogP contribution in [0.1, 0.15) is 67.6 Å². The minimum atomic E-state index is -0.168. The van der Waals surface area contributed by atoms with E-state index in [1.807, 2.05) is 0 Å². The summed E-state index contributed by atoms with van der Waals surface area (Å²) < 4.78 is 2.49. The number of nitrogens with zero attached hydrogens (tertiary/aromatic N) is 1.